The standard InChI is InChI=1S/C10H27NO4Si2/c1-12-16(13-2)9-5-7-11-8-6-10-17(14-3)15-4/h11,16-17H,5-10H2,1-4H3. The fourth-order valence-electron chi connectivity index (χ4n) is 1.58. The van der Waals surface area contributed by atoms with Gasteiger partial charge in [0.05, 0.1) is 0 Å². The summed E-state index contributed by atoms with van der Waals surface area (Å²) in [7, 11) is 4.22. The van der Waals surface area contributed by atoms with Crippen LogP contribution in [0.5, 0.6) is 0 Å². The van der Waals surface area contributed by atoms with E-state index in [1.54, 1.807) is 28.4 Å². The summed E-state index contributed by atoms with van der Waals surface area (Å²) < 4.78 is 21.0. The van der Waals surface area contributed by atoms with Crippen LogP contribution in [-0.4, -0.2) is 60.1 Å². The van der Waals surface area contributed by atoms with Gasteiger partial charge in [0.1, 0.15) is 0 Å². The minimum Gasteiger partial charge on any atom is -0.400 e. The van der Waals surface area contributed by atoms with Crippen LogP contribution in [-0.2, 0) is 17.7 Å². The molecular weight excluding hydrogens is 254 g/mol. The van der Waals surface area contributed by atoms with Crippen LogP contribution in [0.3, 0.4) is 0 Å². The molecule has 0 saturated heterocycles. The van der Waals surface area contributed by atoms with E-state index in [9.17, 15) is 0 Å². The zero-order valence-corrected chi connectivity index (χ0v) is 13.8. The van der Waals surface area contributed by atoms with Gasteiger partial charge < -0.3 is 23.0 Å². The molecule has 0 aliphatic rings. The molecule has 0 aliphatic carbocycles. The molecule has 0 unspecified atom stereocenters. The SMILES string of the molecule is CO[SiH](CCCNCCC[SiH](OC)OC)OC. The minimum absolute atomic E-state index is 1.03. The van der Waals surface area contributed by atoms with Crippen LogP contribution < -0.4 is 5.32 Å². The van der Waals surface area contributed by atoms with Gasteiger partial charge in [0.25, 0.3) is 0 Å². The first-order valence-corrected chi connectivity index (χ1v) is 9.62. The molecule has 0 rings (SSSR count). The Bertz CT molecular complexity index is 141. The van der Waals surface area contributed by atoms with Crippen LogP contribution in [0.4, 0.5) is 0 Å². The molecule has 0 aromatic carbocycles. The van der Waals surface area contributed by atoms with Crippen molar-refractivity contribution >= 4 is 18.6 Å². The Morgan fingerprint density at radius 2 is 1.06 bits per heavy atom. The number of hydrogen-bond donors (Lipinski definition) is 1. The van der Waals surface area contributed by atoms with E-state index in [2.05, 4.69) is 5.32 Å². The molecule has 7 heteroatoms. The van der Waals surface area contributed by atoms with Crippen molar-refractivity contribution in [1.82, 2.24) is 5.32 Å². The van der Waals surface area contributed by atoms with Crippen molar-refractivity contribution in [2.75, 3.05) is 41.5 Å². The molecule has 0 aromatic heterocycles. The molecule has 0 spiro atoms. The van der Waals surface area contributed by atoms with Crippen LogP contribution in [0.1, 0.15) is 12.8 Å². The molecule has 0 heterocycles. The largest absolute Gasteiger partial charge is 0.400 e. The van der Waals surface area contributed by atoms with Gasteiger partial charge in [0.15, 0.2) is 0 Å². The van der Waals surface area contributed by atoms with Crippen LogP contribution in [0.15, 0.2) is 0 Å². The molecule has 0 bridgehead atoms. The molecule has 0 saturated carbocycles. The predicted octanol–water partition coefficient (Wildman–Crippen LogP) is 0.383. The summed E-state index contributed by atoms with van der Waals surface area (Å²) in [5.41, 5.74) is 0. The highest BCUT2D eigenvalue weighted by molar-refractivity contribution is 6.44. The lowest BCUT2D eigenvalue weighted by Gasteiger charge is -2.12. The average molecular weight is 282 g/mol. The lowest BCUT2D eigenvalue weighted by Crippen LogP contribution is -2.24. The summed E-state index contributed by atoms with van der Waals surface area (Å²) in [4.78, 5) is 0. The maximum atomic E-state index is 5.25. The molecule has 17 heavy (non-hydrogen) atoms. The number of hydrogen-bond acceptors (Lipinski definition) is 5. The molecule has 5 nitrogen and oxygen atoms in total. The molecule has 0 radical (unpaired) electrons. The normalized spacial score (nSPS) is 11.6. The second-order valence-electron chi connectivity index (χ2n) is 3.84. The first kappa shape index (κ1) is 17.2. The van der Waals surface area contributed by atoms with E-state index in [1.807, 2.05) is 0 Å². The lowest BCUT2D eigenvalue weighted by molar-refractivity contribution is 0.275. The quantitative estimate of drug-likeness (QED) is 0.414. The smallest absolute Gasteiger partial charge is 0.320 e. The zero-order valence-electron chi connectivity index (χ0n) is 11.5. The summed E-state index contributed by atoms with van der Waals surface area (Å²) in [5, 5.41) is 3.41. The van der Waals surface area contributed by atoms with E-state index >= 15 is 0 Å². The number of rotatable bonds is 12. The van der Waals surface area contributed by atoms with Crippen molar-refractivity contribution in [3.63, 3.8) is 0 Å². The van der Waals surface area contributed by atoms with Gasteiger partial charge in [0, 0.05) is 28.4 Å². The van der Waals surface area contributed by atoms with E-state index in [0.717, 1.165) is 38.0 Å². The Hall–Kier alpha value is 0.234. The fraction of sp³-hybridized carbons (Fsp3) is 1.00. The minimum atomic E-state index is -1.35. The first-order valence-electron chi connectivity index (χ1n) is 6.10. The van der Waals surface area contributed by atoms with Crippen molar-refractivity contribution < 1.29 is 17.7 Å². The molecule has 104 valence electrons. The van der Waals surface area contributed by atoms with Gasteiger partial charge in [-0.3, -0.25) is 0 Å². The lowest BCUT2D eigenvalue weighted by atomic mass is 10.4. The highest BCUT2D eigenvalue weighted by atomic mass is 28.3. The first-order chi connectivity index (χ1) is 8.28. The van der Waals surface area contributed by atoms with Crippen molar-refractivity contribution in [1.29, 1.82) is 0 Å². The van der Waals surface area contributed by atoms with Gasteiger partial charge >= 0.3 is 18.6 Å². The molecule has 0 amide bonds. The van der Waals surface area contributed by atoms with E-state index in [4.69, 9.17) is 17.7 Å². The Kier molecular flexibility index (Phi) is 12.9. The zero-order chi connectivity index (χ0) is 12.9. The van der Waals surface area contributed by atoms with Crippen molar-refractivity contribution in [2.24, 2.45) is 0 Å². The molecule has 0 aromatic rings. The second kappa shape index (κ2) is 12.7. The average Bonchev–Trinajstić information content (AvgIpc) is 2.37. The maximum absolute atomic E-state index is 5.25. The van der Waals surface area contributed by atoms with Crippen LogP contribution in [0.2, 0.25) is 12.1 Å². The van der Waals surface area contributed by atoms with E-state index in [-0.39, 0.29) is 0 Å². The van der Waals surface area contributed by atoms with Gasteiger partial charge in [-0.25, -0.2) is 0 Å². The van der Waals surface area contributed by atoms with Gasteiger partial charge in [-0.15, -0.1) is 0 Å². The van der Waals surface area contributed by atoms with Crippen LogP contribution in [0, 0.1) is 0 Å². The van der Waals surface area contributed by atoms with Crippen LogP contribution >= 0.6 is 0 Å². The molecule has 0 fully saturated rings. The van der Waals surface area contributed by atoms with Gasteiger partial charge in [0.2, 0.25) is 0 Å². The fourth-order valence-corrected chi connectivity index (χ4v) is 3.98. The van der Waals surface area contributed by atoms with Gasteiger partial charge in [-0.1, -0.05) is 0 Å². The third-order valence-electron chi connectivity index (χ3n) is 2.64. The maximum Gasteiger partial charge on any atom is 0.320 e. The Morgan fingerprint density at radius 3 is 1.35 bits per heavy atom. The van der Waals surface area contributed by atoms with E-state index < -0.39 is 18.6 Å². The van der Waals surface area contributed by atoms with Gasteiger partial charge in [-0.2, -0.15) is 0 Å². The Labute approximate surface area is 108 Å². The highest BCUT2D eigenvalue weighted by Crippen LogP contribution is 2.00. The van der Waals surface area contributed by atoms with E-state index in [0.29, 0.717) is 0 Å². The highest BCUT2D eigenvalue weighted by Gasteiger charge is 2.09. The Balaban J connectivity index is 3.23. The molecule has 1 N–H and O–H groups in total. The molecular formula is C10H27NO4Si2. The number of nitrogens with one attached hydrogen (secondary N) is 1. The Morgan fingerprint density at radius 1 is 0.706 bits per heavy atom. The van der Waals surface area contributed by atoms with Crippen molar-refractivity contribution in [2.45, 2.75) is 24.9 Å². The molecule has 0 atom stereocenters. The molecule has 0 aliphatic heterocycles. The monoisotopic (exact) mass is 281 g/mol. The van der Waals surface area contributed by atoms with Crippen molar-refractivity contribution in [3.8, 4) is 0 Å². The topological polar surface area (TPSA) is 49.0 Å². The third-order valence-corrected chi connectivity index (χ3v) is 6.50. The van der Waals surface area contributed by atoms with Crippen molar-refractivity contribution in [3.05, 3.63) is 0 Å². The third kappa shape index (κ3) is 9.89. The summed E-state index contributed by atoms with van der Waals surface area (Å²) in [6.45, 7) is 2.06. The summed E-state index contributed by atoms with van der Waals surface area (Å²) in [6, 6.07) is 2.13. The van der Waals surface area contributed by atoms with Crippen LogP contribution in [0.25, 0.3) is 0 Å². The van der Waals surface area contributed by atoms with E-state index in [1.165, 1.54) is 0 Å². The van der Waals surface area contributed by atoms with Gasteiger partial charge in [-0.05, 0) is 38.0 Å². The second-order valence-corrected chi connectivity index (χ2v) is 8.59. The predicted molar refractivity (Wildman–Crippen MR) is 74.1 cm³/mol. The summed E-state index contributed by atoms with van der Waals surface area (Å²) in [5.74, 6) is 0. The summed E-state index contributed by atoms with van der Waals surface area (Å²) >= 11 is 0. The summed E-state index contributed by atoms with van der Waals surface area (Å²) in [6.07, 6.45) is 2.24.